The number of carboxylic acids is 1. The van der Waals surface area contributed by atoms with Crippen molar-refractivity contribution < 1.29 is 54.5 Å². The fourth-order valence-corrected chi connectivity index (χ4v) is 1.94. The smallest absolute Gasteiger partial charge is 0.451 e. The first-order chi connectivity index (χ1) is 11.2. The van der Waals surface area contributed by atoms with E-state index in [0.717, 1.165) is 4.90 Å². The predicted molar refractivity (Wildman–Crippen MR) is 79.9 cm³/mol. The number of hydrogen-bond donors (Lipinski definition) is 9. The molecule has 0 aromatic rings. The summed E-state index contributed by atoms with van der Waals surface area (Å²) in [4.78, 5) is 27.7. The van der Waals surface area contributed by atoms with Crippen LogP contribution in [0.15, 0.2) is 4.76 Å². The highest BCUT2D eigenvalue weighted by Gasteiger charge is 2.47. The number of carbonyl (C=O) groups is 1. The van der Waals surface area contributed by atoms with Gasteiger partial charge < -0.3 is 55.8 Å². The lowest BCUT2D eigenvalue weighted by Gasteiger charge is -2.40. The van der Waals surface area contributed by atoms with Crippen molar-refractivity contribution >= 4 is 19.7 Å². The molecule has 1 heterocycles. The van der Waals surface area contributed by atoms with Crippen LogP contribution in [-0.2, 0) is 14.1 Å². The van der Waals surface area contributed by atoms with Crippen LogP contribution in [0.2, 0.25) is 0 Å². The highest BCUT2D eigenvalue weighted by Crippen LogP contribution is 2.35. The van der Waals surface area contributed by atoms with E-state index in [1.165, 1.54) is 7.05 Å². The van der Waals surface area contributed by atoms with E-state index in [0.29, 0.717) is 0 Å². The molecule has 1 saturated heterocycles. The van der Waals surface area contributed by atoms with E-state index in [-0.39, 0.29) is 6.61 Å². The van der Waals surface area contributed by atoms with Gasteiger partial charge >= 0.3 is 13.7 Å². The van der Waals surface area contributed by atoms with E-state index in [1.54, 1.807) is 0 Å². The molecule has 0 amide bonds. The minimum absolute atomic E-state index is 0.324. The van der Waals surface area contributed by atoms with E-state index in [4.69, 9.17) is 41.1 Å². The molecule has 1 fully saturated rings. The number of ether oxygens (including phenoxy) is 1. The Labute approximate surface area is 141 Å². The highest BCUT2D eigenvalue weighted by atomic mass is 31.2. The maximum atomic E-state index is 10.3. The molecule has 15 heteroatoms. The quantitative estimate of drug-likeness (QED) is 0.124. The van der Waals surface area contributed by atoms with Crippen molar-refractivity contribution in [3.63, 3.8) is 0 Å². The van der Waals surface area contributed by atoms with Gasteiger partial charge in [-0.25, -0.2) is 4.57 Å². The van der Waals surface area contributed by atoms with Crippen LogP contribution in [0.3, 0.4) is 0 Å². The van der Waals surface area contributed by atoms with Crippen LogP contribution in [0.1, 0.15) is 0 Å². The molecule has 0 aromatic carbocycles. The standard InChI is InChI=1S/C6H12O6.C4H10N3O5P/c7-2-6(11)5(10)4(9)3(8)1-12-6;1-7(2-3(8)9)4(5)6-13(10,11)12/h3-5,7-11H,1-2H2;2H2,1H3,(H,8,9)(H4,5,6,10,11,12)/t3-,4-,5+,6-;/m1./s1. The van der Waals surface area contributed by atoms with Gasteiger partial charge in [0.25, 0.3) is 0 Å². The summed E-state index contributed by atoms with van der Waals surface area (Å²) in [7, 11) is -3.34. The number of rotatable bonds is 4. The van der Waals surface area contributed by atoms with Crippen LogP contribution in [0.4, 0.5) is 0 Å². The molecule has 4 atom stereocenters. The monoisotopic (exact) mass is 391 g/mol. The van der Waals surface area contributed by atoms with Crippen molar-refractivity contribution in [1.29, 1.82) is 0 Å². The molecule has 1 rings (SSSR count). The number of likely N-dealkylation sites (N-methyl/N-ethyl adjacent to an activating group) is 1. The number of aliphatic carboxylic acids is 1. The summed E-state index contributed by atoms with van der Waals surface area (Å²) in [6.07, 6.45) is -4.45. The van der Waals surface area contributed by atoms with E-state index in [9.17, 15) is 14.5 Å². The summed E-state index contributed by atoms with van der Waals surface area (Å²) in [6, 6.07) is 0. The van der Waals surface area contributed by atoms with Crippen molar-refractivity contribution in [3.05, 3.63) is 0 Å². The van der Waals surface area contributed by atoms with E-state index in [2.05, 4.69) is 9.50 Å². The van der Waals surface area contributed by atoms with Gasteiger partial charge in [0.2, 0.25) is 11.7 Å². The normalized spacial score (nSPS) is 30.2. The van der Waals surface area contributed by atoms with Gasteiger partial charge in [0, 0.05) is 7.05 Å². The van der Waals surface area contributed by atoms with Gasteiger partial charge in [0.15, 0.2) is 0 Å². The zero-order valence-corrected chi connectivity index (χ0v) is 14.0. The molecule has 14 nitrogen and oxygen atoms in total. The van der Waals surface area contributed by atoms with Crippen molar-refractivity contribution in [2.75, 3.05) is 26.8 Å². The molecule has 0 unspecified atom stereocenters. The lowest BCUT2D eigenvalue weighted by molar-refractivity contribution is -0.331. The van der Waals surface area contributed by atoms with Crippen molar-refractivity contribution in [3.8, 4) is 0 Å². The average molecular weight is 391 g/mol. The Balaban J connectivity index is 0.000000462. The van der Waals surface area contributed by atoms with E-state index < -0.39 is 56.9 Å². The minimum atomic E-state index is -4.59. The summed E-state index contributed by atoms with van der Waals surface area (Å²) in [5.41, 5.74) is 5.07. The number of nitrogens with two attached hydrogens (primary N) is 1. The molecule has 0 spiro atoms. The van der Waals surface area contributed by atoms with Crippen LogP contribution in [0.5, 0.6) is 0 Å². The Morgan fingerprint density at radius 3 is 2.32 bits per heavy atom. The second kappa shape index (κ2) is 9.38. The van der Waals surface area contributed by atoms with Crippen LogP contribution in [0, 0.1) is 0 Å². The largest absolute Gasteiger partial charge is 0.480 e. The molecule has 0 aliphatic carbocycles. The molecule has 0 radical (unpaired) electrons. The van der Waals surface area contributed by atoms with Crippen LogP contribution in [0.25, 0.3) is 0 Å². The third-order valence-electron chi connectivity index (χ3n) is 2.91. The van der Waals surface area contributed by atoms with Gasteiger partial charge in [-0.2, -0.15) is 0 Å². The van der Waals surface area contributed by atoms with Gasteiger partial charge in [-0.3, -0.25) is 4.79 Å². The Hall–Kier alpha value is -1.35. The zero-order valence-electron chi connectivity index (χ0n) is 13.1. The summed E-state index contributed by atoms with van der Waals surface area (Å²) in [5, 5.41) is 53.3. The van der Waals surface area contributed by atoms with E-state index in [1.807, 2.05) is 0 Å². The lowest BCUT2D eigenvalue weighted by atomic mass is 9.98. The molecular formula is C10H22N3O11P. The molecule has 10 N–H and O–H groups in total. The van der Waals surface area contributed by atoms with Gasteiger partial charge in [-0.1, -0.05) is 0 Å². The Kier molecular flexibility index (Phi) is 8.87. The predicted octanol–water partition coefficient (Wildman–Crippen LogP) is -4.81. The summed E-state index contributed by atoms with van der Waals surface area (Å²) in [6.45, 7) is -1.64. The Morgan fingerprint density at radius 2 is 1.92 bits per heavy atom. The molecule has 1 aliphatic rings. The number of carboxylic acid groups (broad SMARTS) is 1. The molecule has 0 bridgehead atoms. The number of aliphatic hydroxyl groups is 5. The Bertz CT molecular complexity index is 526. The SMILES string of the molecule is CN(CC(=O)O)/C(N)=N/P(=O)(O)O.OC[C@@]1(O)OC[C@@H](O)[C@@H](O)[C@@H]1O. The number of hydrogen-bond acceptors (Lipinski definition) is 8. The summed E-state index contributed by atoms with van der Waals surface area (Å²) in [5.74, 6) is -3.86. The fraction of sp³-hybridized carbons (Fsp3) is 0.800. The third kappa shape index (κ3) is 8.04. The molecular weight excluding hydrogens is 369 g/mol. The van der Waals surface area contributed by atoms with Crippen molar-refractivity contribution in [2.45, 2.75) is 24.1 Å². The third-order valence-corrected chi connectivity index (χ3v) is 3.37. The van der Waals surface area contributed by atoms with Crippen molar-refractivity contribution in [1.82, 2.24) is 4.90 Å². The van der Waals surface area contributed by atoms with Gasteiger partial charge in [0.05, 0.1) is 13.2 Å². The summed E-state index contributed by atoms with van der Waals surface area (Å²) >= 11 is 0. The lowest BCUT2D eigenvalue weighted by Crippen LogP contribution is -2.62. The zero-order chi connectivity index (χ0) is 20.0. The first-order valence-electron chi connectivity index (χ1n) is 6.59. The second-order valence-electron chi connectivity index (χ2n) is 5.04. The Morgan fingerprint density at radius 1 is 1.40 bits per heavy atom. The second-order valence-corrected chi connectivity index (χ2v) is 6.26. The number of nitrogens with zero attached hydrogens (tertiary/aromatic N) is 2. The van der Waals surface area contributed by atoms with Crippen molar-refractivity contribution in [2.24, 2.45) is 10.5 Å². The molecule has 0 aromatic heterocycles. The first kappa shape index (κ1) is 23.6. The van der Waals surface area contributed by atoms with Crippen LogP contribution >= 0.6 is 7.75 Å². The number of guanidine groups is 1. The van der Waals surface area contributed by atoms with Gasteiger partial charge in [-0.05, 0) is 0 Å². The molecule has 1 aliphatic heterocycles. The van der Waals surface area contributed by atoms with Gasteiger partial charge in [0.1, 0.15) is 24.9 Å². The molecule has 25 heavy (non-hydrogen) atoms. The fourth-order valence-electron chi connectivity index (χ4n) is 1.52. The topological polar surface area (TPSA) is 247 Å². The van der Waals surface area contributed by atoms with E-state index >= 15 is 0 Å². The first-order valence-corrected chi connectivity index (χ1v) is 8.15. The maximum absolute atomic E-state index is 10.3. The van der Waals surface area contributed by atoms with Crippen LogP contribution < -0.4 is 5.73 Å². The van der Waals surface area contributed by atoms with Crippen LogP contribution in [-0.4, -0.2) is 108 Å². The maximum Gasteiger partial charge on any atom is 0.451 e. The molecule has 0 saturated carbocycles. The highest BCUT2D eigenvalue weighted by molar-refractivity contribution is 7.50. The average Bonchev–Trinajstić information content (AvgIpc) is 2.47. The number of aliphatic hydroxyl groups excluding tert-OH is 4. The molecule has 148 valence electrons. The minimum Gasteiger partial charge on any atom is -0.480 e. The summed E-state index contributed by atoms with van der Waals surface area (Å²) < 4.78 is 17.6. The van der Waals surface area contributed by atoms with Gasteiger partial charge in [-0.15, -0.1) is 4.76 Å².